The molecule has 0 saturated heterocycles. The molecule has 2 bridgehead atoms. The largest absolute Gasteiger partial charge is 0.374 e. The number of fused-ring (bicyclic) bond motifs is 3. The molecule has 0 unspecified atom stereocenters. The van der Waals surface area contributed by atoms with E-state index in [1.807, 2.05) is 0 Å². The van der Waals surface area contributed by atoms with Gasteiger partial charge < -0.3 is 4.74 Å². The van der Waals surface area contributed by atoms with E-state index in [0.717, 1.165) is 18.9 Å². The lowest BCUT2D eigenvalue weighted by atomic mass is 9.51. The van der Waals surface area contributed by atoms with Crippen molar-refractivity contribution in [1.82, 2.24) is 0 Å². The van der Waals surface area contributed by atoms with E-state index in [4.69, 9.17) is 4.74 Å². The van der Waals surface area contributed by atoms with Gasteiger partial charge in [-0.25, -0.2) is 0 Å². The van der Waals surface area contributed by atoms with Crippen LogP contribution in [0.25, 0.3) is 0 Å². The van der Waals surface area contributed by atoms with Crippen molar-refractivity contribution in [2.75, 3.05) is 6.61 Å². The van der Waals surface area contributed by atoms with Gasteiger partial charge in [-0.1, -0.05) is 69.5 Å². The molecule has 172 valence electrons. The Morgan fingerprint density at radius 2 is 1.52 bits per heavy atom. The van der Waals surface area contributed by atoms with E-state index in [0.29, 0.717) is 16.9 Å². The molecule has 0 aromatic heterocycles. The van der Waals surface area contributed by atoms with Crippen LogP contribution in [-0.4, -0.2) is 12.7 Å². The number of hydrogen-bond donors (Lipinski definition) is 0. The van der Waals surface area contributed by atoms with Crippen molar-refractivity contribution in [1.29, 1.82) is 0 Å². The van der Waals surface area contributed by atoms with Gasteiger partial charge in [-0.3, -0.25) is 0 Å². The average molecular weight is 423 g/mol. The molecule has 4 aliphatic rings. The Kier molecular flexibility index (Phi) is 7.96. The number of ether oxygens (including phenoxy) is 1. The fraction of sp³-hybridized carbons (Fsp3) is 0.733. The Balaban J connectivity index is 1.28. The molecule has 0 spiro atoms. The summed E-state index contributed by atoms with van der Waals surface area (Å²) in [6, 6.07) is 10.0. The van der Waals surface area contributed by atoms with Gasteiger partial charge in [0.15, 0.2) is 0 Å². The van der Waals surface area contributed by atoms with Gasteiger partial charge in [0.25, 0.3) is 0 Å². The van der Waals surface area contributed by atoms with Crippen molar-refractivity contribution >= 4 is 0 Å². The monoisotopic (exact) mass is 422 g/mol. The van der Waals surface area contributed by atoms with E-state index in [1.54, 1.807) is 11.1 Å². The molecule has 5 rings (SSSR count). The van der Waals surface area contributed by atoms with Gasteiger partial charge in [-0.15, -0.1) is 0 Å². The third kappa shape index (κ3) is 5.47. The molecule has 4 saturated carbocycles. The summed E-state index contributed by atoms with van der Waals surface area (Å²) in [5.41, 5.74) is 4.44. The van der Waals surface area contributed by atoms with E-state index in [2.05, 4.69) is 50.3 Å². The van der Waals surface area contributed by atoms with Gasteiger partial charge in [-0.05, 0) is 105 Å². The molecule has 0 atom stereocenters. The first kappa shape index (κ1) is 23.1. The van der Waals surface area contributed by atoms with Crippen LogP contribution in [-0.2, 0) is 10.2 Å². The smallest absolute Gasteiger partial charge is 0.0651 e. The van der Waals surface area contributed by atoms with Crippen molar-refractivity contribution < 1.29 is 4.74 Å². The molecule has 31 heavy (non-hydrogen) atoms. The lowest BCUT2D eigenvalue weighted by molar-refractivity contribution is 0.0305. The minimum atomic E-state index is 0.470. The maximum absolute atomic E-state index is 6.05. The lowest BCUT2D eigenvalue weighted by Crippen LogP contribution is -2.44. The zero-order valence-corrected chi connectivity index (χ0v) is 20.3. The molecular weight excluding hydrogens is 376 g/mol. The van der Waals surface area contributed by atoms with Crippen LogP contribution in [0.1, 0.15) is 127 Å². The molecule has 1 nitrogen and oxygen atoms in total. The normalized spacial score (nSPS) is 33.2. The van der Waals surface area contributed by atoms with Crippen LogP contribution in [0.5, 0.6) is 0 Å². The summed E-state index contributed by atoms with van der Waals surface area (Å²) >= 11 is 0. The van der Waals surface area contributed by atoms with Crippen LogP contribution in [0.15, 0.2) is 36.4 Å². The Morgan fingerprint density at radius 3 is 2.13 bits per heavy atom. The fourth-order valence-corrected chi connectivity index (χ4v) is 6.92. The van der Waals surface area contributed by atoms with Crippen molar-refractivity contribution in [3.63, 3.8) is 0 Å². The van der Waals surface area contributed by atoms with E-state index >= 15 is 0 Å². The maximum atomic E-state index is 6.05. The highest BCUT2D eigenvalue weighted by molar-refractivity contribution is 5.33. The van der Waals surface area contributed by atoms with E-state index < -0.39 is 0 Å². The fourth-order valence-electron chi connectivity index (χ4n) is 6.92. The molecule has 1 aromatic carbocycles. The summed E-state index contributed by atoms with van der Waals surface area (Å²) in [6.07, 6.45) is 25.5. The summed E-state index contributed by atoms with van der Waals surface area (Å²) in [5, 5.41) is 0. The molecule has 0 amide bonds. The second kappa shape index (κ2) is 10.7. The third-order valence-electron chi connectivity index (χ3n) is 9.21. The first-order chi connectivity index (χ1) is 15.2. The van der Waals surface area contributed by atoms with Gasteiger partial charge >= 0.3 is 0 Å². The van der Waals surface area contributed by atoms with Crippen LogP contribution in [0, 0.1) is 5.41 Å². The Labute approximate surface area is 192 Å². The maximum Gasteiger partial charge on any atom is 0.0651 e. The Bertz CT molecular complexity index is 667. The zero-order chi connectivity index (χ0) is 21.6. The molecule has 1 aromatic rings. The molecule has 0 aliphatic heterocycles. The second-order valence-corrected chi connectivity index (χ2v) is 11.0. The highest BCUT2D eigenvalue weighted by Crippen LogP contribution is 2.59. The van der Waals surface area contributed by atoms with E-state index in [9.17, 15) is 0 Å². The highest BCUT2D eigenvalue weighted by Gasteiger charge is 2.48. The molecule has 0 radical (unpaired) electrons. The summed E-state index contributed by atoms with van der Waals surface area (Å²) < 4.78 is 6.05. The highest BCUT2D eigenvalue weighted by atomic mass is 16.5. The number of allylic oxidation sites excluding steroid dienone is 1. The van der Waals surface area contributed by atoms with Gasteiger partial charge in [0.2, 0.25) is 0 Å². The summed E-state index contributed by atoms with van der Waals surface area (Å²) in [4.78, 5) is 0. The number of hydrogen-bond acceptors (Lipinski definition) is 1. The van der Waals surface area contributed by atoms with Crippen molar-refractivity contribution in [3.05, 3.63) is 47.5 Å². The van der Waals surface area contributed by atoms with E-state index in [-0.39, 0.29) is 0 Å². The minimum Gasteiger partial charge on any atom is -0.374 e. The number of rotatable bonds is 10. The molecule has 4 aliphatic carbocycles. The molecule has 4 fully saturated rings. The van der Waals surface area contributed by atoms with Crippen LogP contribution >= 0.6 is 0 Å². The molecule has 0 N–H and O–H groups in total. The molecule has 0 heterocycles. The minimum absolute atomic E-state index is 0.470. The third-order valence-corrected chi connectivity index (χ3v) is 9.21. The van der Waals surface area contributed by atoms with Crippen molar-refractivity contribution in [2.45, 2.75) is 128 Å². The van der Waals surface area contributed by atoms with Gasteiger partial charge in [-0.2, -0.15) is 0 Å². The van der Waals surface area contributed by atoms with Crippen molar-refractivity contribution in [3.8, 4) is 0 Å². The Morgan fingerprint density at radius 1 is 0.839 bits per heavy atom. The average Bonchev–Trinajstić information content (AvgIpc) is 2.84. The Hall–Kier alpha value is -1.08. The summed E-state index contributed by atoms with van der Waals surface area (Å²) in [6.45, 7) is 5.30. The first-order valence-corrected chi connectivity index (χ1v) is 13.6. The zero-order valence-electron chi connectivity index (χ0n) is 20.3. The predicted molar refractivity (Wildman–Crippen MR) is 133 cm³/mol. The van der Waals surface area contributed by atoms with Gasteiger partial charge in [0.1, 0.15) is 0 Å². The van der Waals surface area contributed by atoms with E-state index in [1.165, 1.54) is 89.9 Å². The van der Waals surface area contributed by atoms with Crippen molar-refractivity contribution in [2.24, 2.45) is 5.41 Å². The van der Waals surface area contributed by atoms with Gasteiger partial charge in [0, 0.05) is 0 Å². The molecular formula is C30H46O. The van der Waals surface area contributed by atoms with Crippen LogP contribution in [0.4, 0.5) is 0 Å². The lowest BCUT2D eigenvalue weighted by Gasteiger charge is -2.54. The topological polar surface area (TPSA) is 9.23 Å². The predicted octanol–water partition coefficient (Wildman–Crippen LogP) is 8.87. The SMILES string of the molecule is CCC=CCOC1CCC(c2ccc(C34CCC(CCCCC)(CC3)CC4)cc2)CC1. The van der Waals surface area contributed by atoms with Gasteiger partial charge in [0.05, 0.1) is 12.7 Å². The standard InChI is InChI=1S/C30H46O/c1-3-5-7-17-29-18-21-30(22-19-29,23-20-29)27-13-9-25(10-14-27)26-11-15-28(16-12-26)31-24-8-6-4-2/h6,8-10,13-14,26,28H,3-5,7,11-12,15-24H2,1-2H3. The number of unbranched alkanes of at least 4 members (excludes halogenated alkanes) is 2. The number of benzene rings is 1. The van der Waals surface area contributed by atoms with Crippen LogP contribution < -0.4 is 0 Å². The van der Waals surface area contributed by atoms with Crippen LogP contribution in [0.3, 0.4) is 0 Å². The second-order valence-electron chi connectivity index (χ2n) is 11.0. The summed E-state index contributed by atoms with van der Waals surface area (Å²) in [7, 11) is 0. The van der Waals surface area contributed by atoms with Crippen LogP contribution in [0.2, 0.25) is 0 Å². The quantitative estimate of drug-likeness (QED) is 0.270. The summed E-state index contributed by atoms with van der Waals surface area (Å²) in [5.74, 6) is 0.738. The first-order valence-electron chi connectivity index (χ1n) is 13.6. The molecule has 1 heteroatoms.